The molecule has 210 valence electrons. The number of anilines is 1. The maximum Gasteiger partial charge on any atom is 0.295 e. The number of nitrogens with two attached hydrogens (primary N) is 1. The van der Waals surface area contributed by atoms with E-state index in [-0.39, 0.29) is 28.9 Å². The molecule has 0 radical (unpaired) electrons. The summed E-state index contributed by atoms with van der Waals surface area (Å²) in [5, 5.41) is 13.8. The minimum absolute atomic E-state index is 0.00500. The molecule has 2 heterocycles. The topological polar surface area (TPSA) is 139 Å². The van der Waals surface area contributed by atoms with Gasteiger partial charge in [-0.25, -0.2) is 4.98 Å². The molecule has 5 atom stereocenters. The molecule has 0 bridgehead atoms. The lowest BCUT2D eigenvalue weighted by Gasteiger charge is -2.36. The van der Waals surface area contributed by atoms with Crippen LogP contribution in [0.5, 0.6) is 0 Å². The third kappa shape index (κ3) is 4.87. The summed E-state index contributed by atoms with van der Waals surface area (Å²) < 4.78 is 5.63. The third-order valence-electron chi connectivity index (χ3n) is 10.1. The highest BCUT2D eigenvalue weighted by Gasteiger charge is 2.73. The Kier molecular flexibility index (Phi) is 6.89. The van der Waals surface area contributed by atoms with E-state index in [1.807, 2.05) is 20.8 Å². The van der Waals surface area contributed by atoms with Gasteiger partial charge in [0.2, 0.25) is 11.8 Å². The number of aliphatic hydroxyl groups excluding tert-OH is 1. The zero-order valence-electron chi connectivity index (χ0n) is 23.3. The van der Waals surface area contributed by atoms with Gasteiger partial charge in [-0.05, 0) is 61.2 Å². The summed E-state index contributed by atoms with van der Waals surface area (Å²) in [4.78, 5) is 46.1. The summed E-state index contributed by atoms with van der Waals surface area (Å²) in [7, 11) is 0. The lowest BCUT2D eigenvalue weighted by Crippen LogP contribution is -2.53. The fraction of sp³-hybridized carbons (Fsp3) is 0.793. The number of aryl methyl sites for hydroxylation is 1. The molecule has 4 fully saturated rings. The fourth-order valence-electron chi connectivity index (χ4n) is 7.39. The molecular formula is C29H44N4O5. The molecule has 0 aromatic carbocycles. The molecule has 4 N–H and O–H groups in total. The third-order valence-corrected chi connectivity index (χ3v) is 10.1. The van der Waals surface area contributed by atoms with Crippen LogP contribution in [0.1, 0.15) is 90.7 Å². The minimum Gasteiger partial charge on any atom is -0.429 e. The van der Waals surface area contributed by atoms with Gasteiger partial charge in [-0.1, -0.05) is 46.5 Å². The van der Waals surface area contributed by atoms with Crippen molar-refractivity contribution in [3.05, 3.63) is 12.0 Å². The summed E-state index contributed by atoms with van der Waals surface area (Å²) in [6, 6.07) is -0.909. The first-order valence-electron chi connectivity index (χ1n) is 14.3. The summed E-state index contributed by atoms with van der Waals surface area (Å²) in [5.41, 5.74) is 5.26. The molecule has 38 heavy (non-hydrogen) atoms. The second kappa shape index (κ2) is 9.65. The maximum absolute atomic E-state index is 14.2. The average Bonchev–Trinajstić information content (AvgIpc) is 3.03. The first kappa shape index (κ1) is 27.2. The predicted octanol–water partition coefficient (Wildman–Crippen LogP) is 3.58. The van der Waals surface area contributed by atoms with Crippen molar-refractivity contribution in [3.63, 3.8) is 0 Å². The van der Waals surface area contributed by atoms with Crippen molar-refractivity contribution in [1.82, 2.24) is 9.88 Å². The van der Waals surface area contributed by atoms with E-state index >= 15 is 0 Å². The zero-order chi connectivity index (χ0) is 27.5. The standard InChI is InChI=1S/C29H44N4O5/c1-17-14-31-26(38-17)32-23(27(2,3)4)25(37)33-16-29(15-28(29)9-6-10-28)13-20(33)21(34)12-19(22(35)24(30)36)11-18-7-5-8-18/h14,18-20,22-23,35H,5-13,15-16H2,1-4H3,(H2,30,36)(H,31,32)/t19?,20-,22?,23+,29-/m0/s1. The van der Waals surface area contributed by atoms with Gasteiger partial charge in [0.05, 0.1) is 12.2 Å². The smallest absolute Gasteiger partial charge is 0.295 e. The van der Waals surface area contributed by atoms with Crippen LogP contribution < -0.4 is 11.1 Å². The number of fused-ring (bicyclic) bond motifs is 1. The van der Waals surface area contributed by atoms with Crippen LogP contribution in [-0.4, -0.2) is 57.3 Å². The summed E-state index contributed by atoms with van der Waals surface area (Å²) in [6.45, 7) is 8.35. The van der Waals surface area contributed by atoms with E-state index < -0.39 is 35.4 Å². The molecule has 2 spiro atoms. The Morgan fingerprint density at radius 1 is 1.24 bits per heavy atom. The maximum atomic E-state index is 14.2. The summed E-state index contributed by atoms with van der Waals surface area (Å²) >= 11 is 0. The quantitative estimate of drug-likeness (QED) is 0.422. The Morgan fingerprint density at radius 3 is 2.42 bits per heavy atom. The van der Waals surface area contributed by atoms with Crippen LogP contribution in [0.25, 0.3) is 0 Å². The molecule has 3 saturated carbocycles. The molecule has 2 amide bonds. The number of nitrogens with zero attached hydrogens (tertiary/aromatic N) is 2. The van der Waals surface area contributed by atoms with Crippen molar-refractivity contribution in [1.29, 1.82) is 0 Å². The van der Waals surface area contributed by atoms with Gasteiger partial charge < -0.3 is 25.5 Å². The van der Waals surface area contributed by atoms with Gasteiger partial charge in [-0.15, -0.1) is 0 Å². The Bertz CT molecular complexity index is 1080. The number of primary amides is 1. The zero-order valence-corrected chi connectivity index (χ0v) is 23.3. The molecule has 4 aliphatic rings. The number of rotatable bonds is 10. The number of aliphatic hydroxyl groups is 1. The predicted molar refractivity (Wildman–Crippen MR) is 142 cm³/mol. The number of aromatic nitrogens is 1. The fourth-order valence-corrected chi connectivity index (χ4v) is 7.39. The first-order valence-corrected chi connectivity index (χ1v) is 14.3. The van der Waals surface area contributed by atoms with Crippen LogP contribution in [0.3, 0.4) is 0 Å². The Labute approximate surface area is 225 Å². The number of hydrogen-bond acceptors (Lipinski definition) is 7. The van der Waals surface area contributed by atoms with Crippen LogP contribution in [0.15, 0.2) is 10.6 Å². The van der Waals surface area contributed by atoms with Crippen molar-refractivity contribution in [2.24, 2.45) is 33.8 Å². The van der Waals surface area contributed by atoms with Crippen LogP contribution >= 0.6 is 0 Å². The molecule has 1 aromatic heterocycles. The normalized spacial score (nSPS) is 28.4. The molecule has 5 rings (SSSR count). The molecule has 1 aliphatic heterocycles. The van der Waals surface area contributed by atoms with E-state index in [9.17, 15) is 19.5 Å². The highest BCUT2D eigenvalue weighted by atomic mass is 16.4. The summed E-state index contributed by atoms with van der Waals surface area (Å²) in [6.07, 6.45) is 9.43. The van der Waals surface area contributed by atoms with E-state index in [2.05, 4.69) is 10.3 Å². The lowest BCUT2D eigenvalue weighted by atomic mass is 9.73. The number of oxazole rings is 1. The molecule has 3 aliphatic carbocycles. The van der Waals surface area contributed by atoms with E-state index in [0.717, 1.165) is 38.5 Å². The van der Waals surface area contributed by atoms with Gasteiger partial charge in [-0.2, -0.15) is 0 Å². The number of Topliss-reactive ketones (excluding diaryl/α,β-unsaturated/α-hetero) is 1. The number of ketones is 1. The lowest BCUT2D eigenvalue weighted by molar-refractivity contribution is -0.141. The summed E-state index contributed by atoms with van der Waals surface area (Å²) in [5.74, 6) is -0.433. The average molecular weight is 529 g/mol. The molecule has 9 nitrogen and oxygen atoms in total. The SMILES string of the molecule is Cc1cnc(N[C@H](C(=O)N2C[C@]3(C[C@H]2C(=O)CC(CC2CCC2)C(O)C(N)=O)CC32CCC2)C(C)(C)C)o1. The molecular weight excluding hydrogens is 484 g/mol. The van der Waals surface area contributed by atoms with Gasteiger partial charge in [0.1, 0.15) is 17.9 Å². The second-order valence-electron chi connectivity index (χ2n) is 13.8. The van der Waals surface area contributed by atoms with Gasteiger partial charge >= 0.3 is 0 Å². The monoisotopic (exact) mass is 528 g/mol. The largest absolute Gasteiger partial charge is 0.429 e. The van der Waals surface area contributed by atoms with E-state index in [4.69, 9.17) is 10.2 Å². The first-order chi connectivity index (χ1) is 17.8. The minimum atomic E-state index is -1.35. The number of amides is 2. The van der Waals surface area contributed by atoms with Crippen molar-refractivity contribution >= 4 is 23.6 Å². The van der Waals surface area contributed by atoms with E-state index in [0.29, 0.717) is 37.1 Å². The van der Waals surface area contributed by atoms with Gasteiger partial charge in [0.15, 0.2) is 5.78 Å². The van der Waals surface area contributed by atoms with Crippen LogP contribution in [0.4, 0.5) is 6.01 Å². The molecule has 2 unspecified atom stereocenters. The number of hydrogen-bond donors (Lipinski definition) is 3. The Hall–Kier alpha value is -2.42. The van der Waals surface area contributed by atoms with Gasteiger partial charge in [0.25, 0.3) is 6.01 Å². The van der Waals surface area contributed by atoms with Crippen molar-refractivity contribution in [3.8, 4) is 0 Å². The Morgan fingerprint density at radius 2 is 1.95 bits per heavy atom. The van der Waals surface area contributed by atoms with E-state index in [1.165, 1.54) is 6.42 Å². The van der Waals surface area contributed by atoms with Crippen molar-refractivity contribution in [2.45, 2.75) is 110 Å². The van der Waals surface area contributed by atoms with Crippen LogP contribution in [-0.2, 0) is 14.4 Å². The van der Waals surface area contributed by atoms with E-state index in [1.54, 1.807) is 18.0 Å². The molecule has 1 aromatic rings. The number of nitrogens with one attached hydrogen (secondary N) is 1. The van der Waals surface area contributed by atoms with Crippen LogP contribution in [0, 0.1) is 35.0 Å². The second-order valence-corrected chi connectivity index (χ2v) is 13.8. The van der Waals surface area contributed by atoms with Crippen molar-refractivity contribution < 1.29 is 23.9 Å². The van der Waals surface area contributed by atoms with Gasteiger partial charge in [0, 0.05) is 18.9 Å². The highest BCUT2D eigenvalue weighted by Crippen LogP contribution is 2.77. The number of likely N-dealkylation sites (tertiary alicyclic amines) is 1. The van der Waals surface area contributed by atoms with Crippen LogP contribution in [0.2, 0.25) is 0 Å². The number of carbonyl (C=O) groups is 3. The number of carbonyl (C=O) groups excluding carboxylic acids is 3. The van der Waals surface area contributed by atoms with Crippen molar-refractivity contribution in [2.75, 3.05) is 11.9 Å². The molecule has 1 saturated heterocycles. The molecule has 9 heteroatoms. The van der Waals surface area contributed by atoms with Gasteiger partial charge in [-0.3, -0.25) is 14.4 Å². The highest BCUT2D eigenvalue weighted by molar-refractivity contribution is 5.93. The Balaban J connectivity index is 1.39.